The second-order valence-electron chi connectivity index (χ2n) is 4.69. The van der Waals surface area contributed by atoms with Crippen molar-refractivity contribution in [3.05, 3.63) is 0 Å². The molecule has 0 aromatic heterocycles. The molecule has 1 aliphatic rings. The molecule has 4 N–H and O–H groups in total. The third kappa shape index (κ3) is 3.47. The predicted molar refractivity (Wildman–Crippen MR) is 59.3 cm³/mol. The van der Waals surface area contributed by atoms with E-state index in [1.54, 1.807) is 6.92 Å². The van der Waals surface area contributed by atoms with Crippen molar-refractivity contribution in [1.82, 2.24) is 5.32 Å². The molecule has 0 saturated heterocycles. The number of nitrogens with one attached hydrogen (secondary N) is 1. The molecule has 1 aliphatic carbocycles. The maximum atomic E-state index is 11.3. The molecule has 4 heteroatoms. The number of aliphatic hydroxyl groups excluding tert-OH is 1. The quantitative estimate of drug-likeness (QED) is 0.620. The summed E-state index contributed by atoms with van der Waals surface area (Å²) in [7, 11) is 0. The van der Waals surface area contributed by atoms with Crippen molar-refractivity contribution in [3.63, 3.8) is 0 Å². The topological polar surface area (TPSA) is 75.4 Å². The summed E-state index contributed by atoms with van der Waals surface area (Å²) in [6, 6.07) is -0.447. The maximum absolute atomic E-state index is 11.3. The molecule has 0 aromatic carbocycles. The zero-order chi connectivity index (χ0) is 11.3. The molecule has 4 nitrogen and oxygen atoms in total. The standard InChI is InChI=1S/C11H22N2O2/c1-9(12)10(15)13-8-11(6-7-14)4-2-3-5-11/h9,14H,2-8,12H2,1H3,(H,13,15)/t9-/m1/s1. The minimum absolute atomic E-state index is 0.0979. The van der Waals surface area contributed by atoms with Gasteiger partial charge in [0.05, 0.1) is 6.04 Å². The molecule has 1 rings (SSSR count). The van der Waals surface area contributed by atoms with Crippen LogP contribution in [0.5, 0.6) is 0 Å². The van der Waals surface area contributed by atoms with Gasteiger partial charge in [0, 0.05) is 13.2 Å². The van der Waals surface area contributed by atoms with Crippen LogP contribution in [0.2, 0.25) is 0 Å². The van der Waals surface area contributed by atoms with Gasteiger partial charge < -0.3 is 16.2 Å². The van der Waals surface area contributed by atoms with Crippen molar-refractivity contribution in [2.24, 2.45) is 11.1 Å². The second kappa shape index (κ2) is 5.47. The maximum Gasteiger partial charge on any atom is 0.236 e. The highest BCUT2D eigenvalue weighted by atomic mass is 16.3. The van der Waals surface area contributed by atoms with Crippen LogP contribution in [-0.2, 0) is 4.79 Å². The Kier molecular flexibility index (Phi) is 4.54. The van der Waals surface area contributed by atoms with Gasteiger partial charge >= 0.3 is 0 Å². The molecule has 0 spiro atoms. The summed E-state index contributed by atoms with van der Waals surface area (Å²) in [5.41, 5.74) is 5.60. The summed E-state index contributed by atoms with van der Waals surface area (Å²) < 4.78 is 0. The normalized spacial score (nSPS) is 21.3. The Bertz CT molecular complexity index is 211. The number of rotatable bonds is 5. The third-order valence-electron chi connectivity index (χ3n) is 3.36. The molecular formula is C11H22N2O2. The van der Waals surface area contributed by atoms with Gasteiger partial charge in [-0.3, -0.25) is 4.79 Å². The zero-order valence-corrected chi connectivity index (χ0v) is 9.46. The third-order valence-corrected chi connectivity index (χ3v) is 3.36. The van der Waals surface area contributed by atoms with Gasteiger partial charge in [0.15, 0.2) is 0 Å². The van der Waals surface area contributed by atoms with Crippen LogP contribution in [0.4, 0.5) is 0 Å². The minimum atomic E-state index is -0.447. The van der Waals surface area contributed by atoms with Gasteiger partial charge in [0.2, 0.25) is 5.91 Å². The zero-order valence-electron chi connectivity index (χ0n) is 9.46. The molecule has 15 heavy (non-hydrogen) atoms. The fourth-order valence-corrected chi connectivity index (χ4v) is 2.31. The second-order valence-corrected chi connectivity index (χ2v) is 4.69. The highest BCUT2D eigenvalue weighted by Crippen LogP contribution is 2.40. The molecule has 0 bridgehead atoms. The molecule has 0 unspecified atom stereocenters. The van der Waals surface area contributed by atoms with Crippen LogP contribution in [-0.4, -0.2) is 30.2 Å². The van der Waals surface area contributed by atoms with Crippen LogP contribution in [0.3, 0.4) is 0 Å². The van der Waals surface area contributed by atoms with E-state index in [0.29, 0.717) is 6.54 Å². The first-order valence-corrected chi connectivity index (χ1v) is 5.74. The lowest BCUT2D eigenvalue weighted by atomic mass is 9.83. The van der Waals surface area contributed by atoms with E-state index in [4.69, 9.17) is 10.8 Å². The SMILES string of the molecule is C[C@@H](N)C(=O)NCC1(CCO)CCCC1. The lowest BCUT2D eigenvalue weighted by molar-refractivity contribution is -0.122. The summed E-state index contributed by atoms with van der Waals surface area (Å²) in [5.74, 6) is -0.0979. The van der Waals surface area contributed by atoms with Crippen molar-refractivity contribution in [2.45, 2.75) is 45.1 Å². The Labute approximate surface area is 91.2 Å². The average Bonchev–Trinajstić information content (AvgIpc) is 2.64. The molecule has 88 valence electrons. The summed E-state index contributed by atoms with van der Waals surface area (Å²) in [5, 5.41) is 11.9. The van der Waals surface area contributed by atoms with Crippen molar-refractivity contribution in [3.8, 4) is 0 Å². The van der Waals surface area contributed by atoms with E-state index >= 15 is 0 Å². The highest BCUT2D eigenvalue weighted by Gasteiger charge is 2.33. The number of nitrogens with two attached hydrogens (primary N) is 1. The van der Waals surface area contributed by atoms with Gasteiger partial charge in [-0.25, -0.2) is 0 Å². The van der Waals surface area contributed by atoms with Crippen molar-refractivity contribution >= 4 is 5.91 Å². The number of amides is 1. The molecular weight excluding hydrogens is 192 g/mol. The fraction of sp³-hybridized carbons (Fsp3) is 0.909. The summed E-state index contributed by atoms with van der Waals surface area (Å²) in [6.45, 7) is 2.55. The van der Waals surface area contributed by atoms with E-state index in [1.165, 1.54) is 12.8 Å². The number of aliphatic hydroxyl groups is 1. The average molecular weight is 214 g/mol. The van der Waals surface area contributed by atoms with Crippen molar-refractivity contribution in [1.29, 1.82) is 0 Å². The summed E-state index contributed by atoms with van der Waals surface area (Å²) in [4.78, 5) is 11.3. The van der Waals surface area contributed by atoms with Gasteiger partial charge in [-0.05, 0) is 31.6 Å². The van der Waals surface area contributed by atoms with E-state index < -0.39 is 6.04 Å². The first kappa shape index (κ1) is 12.5. The summed E-state index contributed by atoms with van der Waals surface area (Å²) in [6.07, 6.45) is 5.40. The van der Waals surface area contributed by atoms with Gasteiger partial charge in [-0.2, -0.15) is 0 Å². The van der Waals surface area contributed by atoms with Gasteiger partial charge in [-0.15, -0.1) is 0 Å². The fourth-order valence-electron chi connectivity index (χ4n) is 2.31. The van der Waals surface area contributed by atoms with E-state index in [0.717, 1.165) is 19.3 Å². The van der Waals surface area contributed by atoms with Crippen LogP contribution >= 0.6 is 0 Å². The molecule has 0 radical (unpaired) electrons. The number of hydrogen-bond donors (Lipinski definition) is 3. The van der Waals surface area contributed by atoms with Gasteiger partial charge in [0.1, 0.15) is 0 Å². The number of hydrogen-bond acceptors (Lipinski definition) is 3. The molecule has 0 aliphatic heterocycles. The van der Waals surface area contributed by atoms with Crippen LogP contribution in [0.15, 0.2) is 0 Å². The lowest BCUT2D eigenvalue weighted by Crippen LogP contribution is -2.43. The minimum Gasteiger partial charge on any atom is -0.396 e. The summed E-state index contributed by atoms with van der Waals surface area (Å²) >= 11 is 0. The van der Waals surface area contributed by atoms with Crippen LogP contribution in [0.1, 0.15) is 39.0 Å². The molecule has 0 aromatic rings. The Hall–Kier alpha value is -0.610. The molecule has 0 heterocycles. The van der Waals surface area contributed by atoms with E-state index in [2.05, 4.69) is 5.32 Å². The van der Waals surface area contributed by atoms with E-state index in [9.17, 15) is 4.79 Å². The Morgan fingerprint density at radius 2 is 2.13 bits per heavy atom. The largest absolute Gasteiger partial charge is 0.396 e. The first-order chi connectivity index (χ1) is 7.09. The van der Waals surface area contributed by atoms with Crippen LogP contribution in [0, 0.1) is 5.41 Å². The molecule has 1 fully saturated rings. The highest BCUT2D eigenvalue weighted by molar-refractivity contribution is 5.80. The van der Waals surface area contributed by atoms with Gasteiger partial charge in [-0.1, -0.05) is 12.8 Å². The first-order valence-electron chi connectivity index (χ1n) is 5.74. The van der Waals surface area contributed by atoms with Crippen LogP contribution < -0.4 is 11.1 Å². The lowest BCUT2D eigenvalue weighted by Gasteiger charge is -2.28. The Morgan fingerprint density at radius 3 is 2.60 bits per heavy atom. The smallest absolute Gasteiger partial charge is 0.236 e. The number of carbonyl (C=O) groups is 1. The number of carbonyl (C=O) groups excluding carboxylic acids is 1. The van der Waals surface area contributed by atoms with Crippen LogP contribution in [0.25, 0.3) is 0 Å². The Balaban J connectivity index is 2.42. The molecule has 1 saturated carbocycles. The monoisotopic (exact) mass is 214 g/mol. The predicted octanol–water partition coefficient (Wildman–Crippen LogP) is 0.393. The molecule has 1 amide bonds. The van der Waals surface area contributed by atoms with Crippen molar-refractivity contribution < 1.29 is 9.90 Å². The van der Waals surface area contributed by atoms with E-state index in [1.807, 2.05) is 0 Å². The Morgan fingerprint density at radius 1 is 1.53 bits per heavy atom. The molecule has 1 atom stereocenters. The van der Waals surface area contributed by atoms with Crippen molar-refractivity contribution in [2.75, 3.05) is 13.2 Å². The van der Waals surface area contributed by atoms with Gasteiger partial charge in [0.25, 0.3) is 0 Å². The van der Waals surface area contributed by atoms with E-state index in [-0.39, 0.29) is 17.9 Å².